The van der Waals surface area contributed by atoms with Gasteiger partial charge in [-0.2, -0.15) is 5.26 Å². The first kappa shape index (κ1) is 21.0. The Morgan fingerprint density at radius 3 is 2.58 bits per heavy atom. The van der Waals surface area contributed by atoms with Gasteiger partial charge in [-0.05, 0) is 73.8 Å². The van der Waals surface area contributed by atoms with Crippen molar-refractivity contribution in [1.29, 1.82) is 5.26 Å². The van der Waals surface area contributed by atoms with Gasteiger partial charge in [-0.3, -0.25) is 4.90 Å². The molecule has 1 aliphatic heterocycles. The average molecular weight is 417 g/mol. The van der Waals surface area contributed by atoms with Gasteiger partial charge in [0.15, 0.2) is 0 Å². The summed E-state index contributed by atoms with van der Waals surface area (Å²) in [7, 11) is 1.41. The third-order valence-electron chi connectivity index (χ3n) is 6.09. The summed E-state index contributed by atoms with van der Waals surface area (Å²) in [6.45, 7) is 5.28. The highest BCUT2D eigenvalue weighted by molar-refractivity contribution is 5.95. The molecule has 1 fully saturated rings. The zero-order chi connectivity index (χ0) is 21.6. The first-order valence-corrected chi connectivity index (χ1v) is 10.8. The van der Waals surface area contributed by atoms with Crippen LogP contribution in [0, 0.1) is 11.3 Å². The van der Waals surface area contributed by atoms with Crippen LogP contribution in [0.3, 0.4) is 0 Å². The Morgan fingerprint density at radius 1 is 1.10 bits per heavy atom. The third-order valence-corrected chi connectivity index (χ3v) is 6.09. The van der Waals surface area contributed by atoms with Gasteiger partial charge >= 0.3 is 5.97 Å². The monoisotopic (exact) mass is 416 g/mol. The van der Waals surface area contributed by atoms with Crippen LogP contribution >= 0.6 is 0 Å². The largest absolute Gasteiger partial charge is 0.465 e. The van der Waals surface area contributed by atoms with Crippen LogP contribution in [0.1, 0.15) is 34.3 Å². The number of anilines is 1. The number of nitrogens with zero attached hydrogens (tertiary/aromatic N) is 3. The molecule has 6 nitrogen and oxygen atoms in total. The molecule has 0 bridgehead atoms. The van der Waals surface area contributed by atoms with Crippen LogP contribution in [0.5, 0.6) is 0 Å². The maximum atomic E-state index is 11.8. The van der Waals surface area contributed by atoms with Crippen molar-refractivity contribution in [1.82, 2.24) is 9.88 Å². The lowest BCUT2D eigenvalue weighted by molar-refractivity contribution is 0.0601. The molecule has 160 valence electrons. The summed E-state index contributed by atoms with van der Waals surface area (Å²) in [6.07, 6.45) is 5.32. The Kier molecular flexibility index (Phi) is 6.54. The number of rotatable bonds is 7. The van der Waals surface area contributed by atoms with E-state index in [-0.39, 0.29) is 5.97 Å². The molecule has 1 saturated heterocycles. The van der Waals surface area contributed by atoms with E-state index in [1.165, 1.54) is 18.4 Å². The van der Waals surface area contributed by atoms with Crippen LogP contribution in [0.25, 0.3) is 10.9 Å². The van der Waals surface area contributed by atoms with E-state index in [4.69, 9.17) is 10.00 Å². The van der Waals surface area contributed by atoms with Crippen molar-refractivity contribution in [2.75, 3.05) is 44.7 Å². The second-order valence-electron chi connectivity index (χ2n) is 8.01. The summed E-state index contributed by atoms with van der Waals surface area (Å²) in [5.41, 5.74) is 4.81. The number of benzene rings is 2. The smallest absolute Gasteiger partial charge is 0.337 e. The number of nitriles is 1. The fraction of sp³-hybridized carbons (Fsp3) is 0.360. The number of carbonyl (C=O) groups is 1. The molecular formula is C25H28N4O2. The number of methoxy groups -OCH3 is 1. The number of aromatic amines is 1. The van der Waals surface area contributed by atoms with Crippen LogP contribution in [0.2, 0.25) is 0 Å². The van der Waals surface area contributed by atoms with Crippen molar-refractivity contribution in [2.45, 2.75) is 19.3 Å². The predicted octanol–water partition coefficient (Wildman–Crippen LogP) is 3.97. The van der Waals surface area contributed by atoms with Crippen molar-refractivity contribution >= 4 is 22.6 Å². The van der Waals surface area contributed by atoms with Crippen LogP contribution < -0.4 is 4.90 Å². The molecule has 1 N–H and O–H groups in total. The predicted molar refractivity (Wildman–Crippen MR) is 122 cm³/mol. The molecule has 2 aromatic carbocycles. The Bertz CT molecular complexity index is 1070. The highest BCUT2D eigenvalue weighted by Crippen LogP contribution is 2.22. The second kappa shape index (κ2) is 9.67. The van der Waals surface area contributed by atoms with E-state index < -0.39 is 0 Å². The highest BCUT2D eigenvalue weighted by Gasteiger charge is 2.17. The number of aryl methyl sites for hydroxylation is 1. The summed E-state index contributed by atoms with van der Waals surface area (Å²) < 4.78 is 4.84. The number of nitrogens with one attached hydrogen (secondary N) is 1. The molecule has 31 heavy (non-hydrogen) atoms. The van der Waals surface area contributed by atoms with Gasteiger partial charge in [0.2, 0.25) is 0 Å². The molecule has 6 heteroatoms. The summed E-state index contributed by atoms with van der Waals surface area (Å²) in [6, 6.07) is 15.7. The van der Waals surface area contributed by atoms with Gasteiger partial charge in [-0.1, -0.05) is 0 Å². The highest BCUT2D eigenvalue weighted by atomic mass is 16.5. The summed E-state index contributed by atoms with van der Waals surface area (Å²) in [5, 5.41) is 10.1. The van der Waals surface area contributed by atoms with Gasteiger partial charge in [-0.25, -0.2) is 4.79 Å². The number of ether oxygens (including phenoxy) is 1. The van der Waals surface area contributed by atoms with Gasteiger partial charge in [0.1, 0.15) is 0 Å². The number of unbranched alkanes of at least 4 members (excludes halogenated alkanes) is 1. The molecular weight excluding hydrogens is 388 g/mol. The molecule has 0 radical (unpaired) electrons. The van der Waals surface area contributed by atoms with Gasteiger partial charge < -0.3 is 14.6 Å². The molecule has 0 atom stereocenters. The third kappa shape index (κ3) is 4.89. The zero-order valence-corrected chi connectivity index (χ0v) is 17.9. The first-order chi connectivity index (χ1) is 15.2. The van der Waals surface area contributed by atoms with Crippen molar-refractivity contribution in [3.05, 3.63) is 65.4 Å². The molecule has 0 saturated carbocycles. The number of esters is 1. The minimum absolute atomic E-state index is 0.297. The number of hydrogen-bond acceptors (Lipinski definition) is 5. The number of fused-ring (bicyclic) bond motifs is 1. The molecule has 0 aliphatic carbocycles. The van der Waals surface area contributed by atoms with E-state index in [1.54, 1.807) is 6.07 Å². The number of piperazine rings is 1. The van der Waals surface area contributed by atoms with Crippen molar-refractivity contribution in [3.8, 4) is 6.07 Å². The molecule has 2 heterocycles. The van der Waals surface area contributed by atoms with Crippen molar-refractivity contribution in [2.24, 2.45) is 0 Å². The summed E-state index contributed by atoms with van der Waals surface area (Å²) in [4.78, 5) is 20.0. The van der Waals surface area contributed by atoms with E-state index >= 15 is 0 Å². The zero-order valence-electron chi connectivity index (χ0n) is 17.9. The topological polar surface area (TPSA) is 72.4 Å². The summed E-state index contributed by atoms with van der Waals surface area (Å²) >= 11 is 0. The number of carbonyl (C=O) groups excluding carboxylic acids is 1. The second-order valence-corrected chi connectivity index (χ2v) is 8.01. The molecule has 3 aromatic rings. The molecule has 0 unspecified atom stereocenters. The number of H-pyrrole nitrogens is 1. The maximum absolute atomic E-state index is 11.8. The molecule has 4 rings (SSSR count). The fourth-order valence-electron chi connectivity index (χ4n) is 4.26. The normalized spacial score (nSPS) is 14.5. The van der Waals surface area contributed by atoms with E-state index in [0.29, 0.717) is 11.1 Å². The molecule has 1 aromatic heterocycles. The van der Waals surface area contributed by atoms with Crippen molar-refractivity contribution < 1.29 is 9.53 Å². The quantitative estimate of drug-likeness (QED) is 0.466. The molecule has 0 spiro atoms. The van der Waals surface area contributed by atoms with E-state index in [0.717, 1.165) is 62.9 Å². The fourth-order valence-corrected chi connectivity index (χ4v) is 4.26. The number of hydrogen-bond donors (Lipinski definition) is 1. The molecule has 1 aliphatic rings. The molecule has 0 amide bonds. The van der Waals surface area contributed by atoms with E-state index in [9.17, 15) is 4.79 Å². The van der Waals surface area contributed by atoms with Crippen LogP contribution in [0.15, 0.2) is 48.7 Å². The first-order valence-electron chi connectivity index (χ1n) is 10.8. The lowest BCUT2D eigenvalue weighted by Gasteiger charge is -2.36. The maximum Gasteiger partial charge on any atom is 0.337 e. The van der Waals surface area contributed by atoms with Crippen molar-refractivity contribution in [3.63, 3.8) is 0 Å². The van der Waals surface area contributed by atoms with Crippen LogP contribution in [0.4, 0.5) is 5.69 Å². The Hall–Kier alpha value is -3.30. The summed E-state index contributed by atoms with van der Waals surface area (Å²) in [5.74, 6) is -0.297. The lowest BCUT2D eigenvalue weighted by Crippen LogP contribution is -2.46. The van der Waals surface area contributed by atoms with Gasteiger partial charge in [0, 0.05) is 49.0 Å². The van der Waals surface area contributed by atoms with E-state index in [2.05, 4.69) is 27.0 Å². The van der Waals surface area contributed by atoms with Crippen LogP contribution in [-0.2, 0) is 11.2 Å². The van der Waals surface area contributed by atoms with E-state index in [1.807, 2.05) is 36.4 Å². The van der Waals surface area contributed by atoms with Crippen LogP contribution in [-0.4, -0.2) is 55.7 Å². The standard InChI is InChI=1S/C25H28N4O2/c1-31-25(30)20-7-10-24-23(16-20)21(18-27-24)4-2-3-11-28-12-14-29(15-13-28)22-8-5-19(17-26)6-9-22/h5-10,16,18,27H,2-4,11-15H2,1H3. The average Bonchev–Trinajstić information content (AvgIpc) is 3.24. The lowest BCUT2D eigenvalue weighted by atomic mass is 10.0. The Morgan fingerprint density at radius 2 is 1.87 bits per heavy atom. The van der Waals surface area contributed by atoms with Gasteiger partial charge in [0.25, 0.3) is 0 Å². The minimum atomic E-state index is -0.297. The Labute approximate surface area is 183 Å². The SMILES string of the molecule is COC(=O)c1ccc2[nH]cc(CCCCN3CCN(c4ccc(C#N)cc4)CC3)c2c1. The van der Waals surface area contributed by atoms with Gasteiger partial charge in [0.05, 0.1) is 24.3 Å². The minimum Gasteiger partial charge on any atom is -0.465 e. The Balaban J connectivity index is 1.23. The van der Waals surface area contributed by atoms with Gasteiger partial charge in [-0.15, -0.1) is 0 Å². The number of aromatic nitrogens is 1.